The van der Waals surface area contributed by atoms with Gasteiger partial charge in [-0.1, -0.05) is 19.4 Å². The number of hydroxylamine groups is 1. The number of nitrogens with one attached hydrogen (secondary N) is 1. The van der Waals surface area contributed by atoms with Crippen molar-refractivity contribution in [3.63, 3.8) is 0 Å². The Hall–Kier alpha value is -3.24. The molecular weight excluding hydrogens is 408 g/mol. The van der Waals surface area contributed by atoms with Gasteiger partial charge in [0.15, 0.2) is 5.82 Å². The summed E-state index contributed by atoms with van der Waals surface area (Å²) in [6.07, 6.45) is 10.4. The molecule has 170 valence electrons. The fraction of sp³-hybridized carbons (Fsp3) is 0.455. The van der Waals surface area contributed by atoms with Crippen LogP contribution in [0.15, 0.2) is 36.9 Å². The molecule has 1 saturated heterocycles. The van der Waals surface area contributed by atoms with Gasteiger partial charge in [0.25, 0.3) is 0 Å². The maximum Gasteiger partial charge on any atom is 0.219 e. The molecule has 1 fully saturated rings. The molecule has 1 aliphatic rings. The van der Waals surface area contributed by atoms with Crippen molar-refractivity contribution in [3.05, 3.63) is 36.9 Å². The van der Waals surface area contributed by atoms with Gasteiger partial charge in [-0.05, 0) is 25.3 Å². The number of aromatic nitrogens is 5. The van der Waals surface area contributed by atoms with E-state index in [1.165, 1.54) is 0 Å². The van der Waals surface area contributed by atoms with E-state index in [1.807, 2.05) is 0 Å². The number of ether oxygens (including phenoxy) is 1. The predicted molar refractivity (Wildman–Crippen MR) is 123 cm³/mol. The number of hydrogen-bond acceptors (Lipinski definition) is 9. The molecule has 10 nitrogen and oxygen atoms in total. The number of anilines is 2. The Balaban J connectivity index is 1.55. The highest BCUT2D eigenvalue weighted by Crippen LogP contribution is 2.29. The standard InChI is InChI=1S/C22H30N8O2/c1-16(28-31)6-4-2-3-5-8-29-9-7-18-20(29)26-19(17-14-24-22(23)25-15-17)27-21(18)30-10-12-32-13-11-30/h7,9,14-15,28,31H,1-6,8,10-13H2,(H2,23,24,25). The first-order chi connectivity index (χ1) is 15.7. The second-order valence-corrected chi connectivity index (χ2v) is 7.93. The summed E-state index contributed by atoms with van der Waals surface area (Å²) < 4.78 is 7.72. The van der Waals surface area contributed by atoms with E-state index in [4.69, 9.17) is 25.6 Å². The monoisotopic (exact) mass is 438 g/mol. The van der Waals surface area contributed by atoms with E-state index in [0.29, 0.717) is 24.7 Å². The number of rotatable bonds is 10. The third-order valence-corrected chi connectivity index (χ3v) is 5.62. The largest absolute Gasteiger partial charge is 0.378 e. The highest BCUT2D eigenvalue weighted by atomic mass is 16.5. The predicted octanol–water partition coefficient (Wildman–Crippen LogP) is 2.75. The van der Waals surface area contributed by atoms with E-state index in [9.17, 15) is 0 Å². The van der Waals surface area contributed by atoms with Crippen LogP contribution in [0.4, 0.5) is 11.8 Å². The van der Waals surface area contributed by atoms with Crippen molar-refractivity contribution in [1.82, 2.24) is 30.0 Å². The van der Waals surface area contributed by atoms with Crippen molar-refractivity contribution in [1.29, 1.82) is 0 Å². The van der Waals surface area contributed by atoms with Crippen LogP contribution >= 0.6 is 0 Å². The number of fused-ring (bicyclic) bond motifs is 1. The third kappa shape index (κ3) is 5.14. The molecule has 0 bridgehead atoms. The number of nitrogens with two attached hydrogens (primary N) is 1. The Labute approximate surface area is 187 Å². The zero-order chi connectivity index (χ0) is 22.3. The average molecular weight is 439 g/mol. The number of unbranched alkanes of at least 4 members (excludes halogenated alkanes) is 3. The van der Waals surface area contributed by atoms with Gasteiger partial charge in [0.05, 0.1) is 24.2 Å². The Kier molecular flexibility index (Phi) is 7.13. The summed E-state index contributed by atoms with van der Waals surface area (Å²) in [5.74, 6) is 1.73. The smallest absolute Gasteiger partial charge is 0.219 e. The second-order valence-electron chi connectivity index (χ2n) is 7.93. The molecule has 3 aromatic heterocycles. The minimum atomic E-state index is 0.227. The lowest BCUT2D eigenvalue weighted by Crippen LogP contribution is -2.37. The molecule has 0 unspecified atom stereocenters. The van der Waals surface area contributed by atoms with E-state index in [1.54, 1.807) is 12.4 Å². The number of aryl methyl sites for hydroxylation is 1. The second kappa shape index (κ2) is 10.4. The first kappa shape index (κ1) is 22.0. The van der Waals surface area contributed by atoms with Crippen molar-refractivity contribution in [2.24, 2.45) is 0 Å². The molecule has 0 aliphatic carbocycles. The van der Waals surface area contributed by atoms with Gasteiger partial charge < -0.3 is 19.9 Å². The summed E-state index contributed by atoms with van der Waals surface area (Å²) >= 11 is 0. The molecule has 4 rings (SSSR count). The van der Waals surface area contributed by atoms with E-state index in [2.05, 4.69) is 43.8 Å². The first-order valence-corrected chi connectivity index (χ1v) is 11.0. The van der Waals surface area contributed by atoms with Gasteiger partial charge >= 0.3 is 0 Å². The average Bonchev–Trinajstić information content (AvgIpc) is 3.24. The third-order valence-electron chi connectivity index (χ3n) is 5.62. The maximum atomic E-state index is 8.81. The molecule has 0 radical (unpaired) electrons. The van der Waals surface area contributed by atoms with Crippen LogP contribution < -0.4 is 16.1 Å². The fourth-order valence-electron chi connectivity index (χ4n) is 3.86. The van der Waals surface area contributed by atoms with Crippen LogP contribution in [-0.4, -0.2) is 56.0 Å². The van der Waals surface area contributed by atoms with Crippen LogP contribution in [0, 0.1) is 0 Å². The molecule has 1 aliphatic heterocycles. The van der Waals surface area contributed by atoms with Crippen LogP contribution in [0.5, 0.6) is 0 Å². The van der Waals surface area contributed by atoms with Crippen molar-refractivity contribution in [3.8, 4) is 11.4 Å². The van der Waals surface area contributed by atoms with Gasteiger partial charge in [-0.15, -0.1) is 0 Å². The van der Waals surface area contributed by atoms with Crippen molar-refractivity contribution in [2.75, 3.05) is 36.9 Å². The van der Waals surface area contributed by atoms with Crippen molar-refractivity contribution in [2.45, 2.75) is 38.6 Å². The summed E-state index contributed by atoms with van der Waals surface area (Å²) in [7, 11) is 0. The topological polar surface area (TPSA) is 127 Å². The van der Waals surface area contributed by atoms with Gasteiger partial charge in [-0.2, -0.15) is 0 Å². The number of nitrogen functional groups attached to an aromatic ring is 1. The van der Waals surface area contributed by atoms with E-state index >= 15 is 0 Å². The molecule has 4 N–H and O–H groups in total. The number of nitrogens with zero attached hydrogens (tertiary/aromatic N) is 6. The van der Waals surface area contributed by atoms with Gasteiger partial charge in [0.1, 0.15) is 11.5 Å². The zero-order valence-electron chi connectivity index (χ0n) is 18.2. The summed E-state index contributed by atoms with van der Waals surface area (Å²) in [6.45, 7) is 7.58. The molecule has 32 heavy (non-hydrogen) atoms. The quantitative estimate of drug-likeness (QED) is 0.323. The highest BCUT2D eigenvalue weighted by Gasteiger charge is 2.20. The first-order valence-electron chi connectivity index (χ1n) is 11.0. The van der Waals surface area contributed by atoms with Crippen LogP contribution in [0.1, 0.15) is 32.1 Å². The Bertz CT molecular complexity index is 1040. The minimum absolute atomic E-state index is 0.227. The molecule has 10 heteroatoms. The van der Waals surface area contributed by atoms with Gasteiger partial charge in [-0.3, -0.25) is 10.7 Å². The van der Waals surface area contributed by atoms with Gasteiger partial charge in [0.2, 0.25) is 5.95 Å². The summed E-state index contributed by atoms with van der Waals surface area (Å²) in [5, 5.41) is 9.85. The fourth-order valence-corrected chi connectivity index (χ4v) is 3.86. The summed E-state index contributed by atoms with van der Waals surface area (Å²) in [4.78, 5) is 20.2. The van der Waals surface area contributed by atoms with Crippen LogP contribution in [-0.2, 0) is 11.3 Å². The Morgan fingerprint density at radius 3 is 2.62 bits per heavy atom. The number of morpholine rings is 1. The minimum Gasteiger partial charge on any atom is -0.378 e. The van der Waals surface area contributed by atoms with E-state index in [-0.39, 0.29) is 5.95 Å². The molecule has 0 aromatic carbocycles. The van der Waals surface area contributed by atoms with E-state index in [0.717, 1.165) is 74.2 Å². The van der Waals surface area contributed by atoms with Gasteiger partial charge in [-0.25, -0.2) is 19.9 Å². The zero-order valence-corrected chi connectivity index (χ0v) is 18.2. The van der Waals surface area contributed by atoms with Gasteiger partial charge in [0, 0.05) is 43.9 Å². The van der Waals surface area contributed by atoms with Crippen LogP contribution in [0.3, 0.4) is 0 Å². The normalized spacial score (nSPS) is 14.1. The molecule has 0 saturated carbocycles. The number of hydrogen-bond donors (Lipinski definition) is 3. The lowest BCUT2D eigenvalue weighted by molar-refractivity contribution is 0.122. The molecule has 0 spiro atoms. The Morgan fingerprint density at radius 2 is 1.88 bits per heavy atom. The number of allylic oxidation sites excluding steroid dienone is 1. The summed E-state index contributed by atoms with van der Waals surface area (Å²) in [6, 6.07) is 2.10. The molecule has 0 atom stereocenters. The lowest BCUT2D eigenvalue weighted by atomic mass is 10.1. The lowest BCUT2D eigenvalue weighted by Gasteiger charge is -2.28. The Morgan fingerprint density at radius 1 is 1.12 bits per heavy atom. The SMILES string of the molecule is C=C(CCCCCCn1ccc2c(N3CCOCC3)nc(-c3cnc(N)nc3)nc21)NO. The highest BCUT2D eigenvalue weighted by molar-refractivity contribution is 5.89. The van der Waals surface area contributed by atoms with Crippen LogP contribution in [0.25, 0.3) is 22.4 Å². The molecule has 3 aromatic rings. The van der Waals surface area contributed by atoms with Crippen LogP contribution in [0.2, 0.25) is 0 Å². The summed E-state index contributed by atoms with van der Waals surface area (Å²) in [5.41, 5.74) is 10.1. The maximum absolute atomic E-state index is 8.81. The molecular formula is C22H30N8O2. The molecule has 4 heterocycles. The molecule has 0 amide bonds. The van der Waals surface area contributed by atoms with Crippen molar-refractivity contribution >= 4 is 22.8 Å². The van der Waals surface area contributed by atoms with Crippen molar-refractivity contribution < 1.29 is 9.94 Å². The van der Waals surface area contributed by atoms with E-state index < -0.39 is 0 Å².